The Balaban J connectivity index is 2.19. The normalized spacial score (nSPS) is 15.0. The molecule has 5 nitrogen and oxygen atoms in total. The molecule has 1 N–H and O–H groups in total. The molecule has 0 atom stereocenters. The number of hydrogen-bond donors (Lipinski definition) is 1. The maximum Gasteiger partial charge on any atom is 0.227 e. The lowest BCUT2D eigenvalue weighted by atomic mass is 10.3. The Kier molecular flexibility index (Phi) is 4.96. The van der Waals surface area contributed by atoms with E-state index < -0.39 is 0 Å². The molecule has 2 heterocycles. The van der Waals surface area contributed by atoms with E-state index in [9.17, 15) is 0 Å². The van der Waals surface area contributed by atoms with Crippen molar-refractivity contribution in [1.82, 2.24) is 9.97 Å². The van der Waals surface area contributed by atoms with Crippen LogP contribution in [0.3, 0.4) is 0 Å². The summed E-state index contributed by atoms with van der Waals surface area (Å²) in [7, 11) is 2.02. The average molecular weight is 264 g/mol. The lowest BCUT2D eigenvalue weighted by molar-refractivity contribution is 0.290. The van der Waals surface area contributed by atoms with Gasteiger partial charge in [0.2, 0.25) is 5.95 Å². The number of aliphatic hydroxyl groups is 1. The van der Waals surface area contributed by atoms with Crippen LogP contribution in [0.1, 0.15) is 31.9 Å². The predicted molar refractivity (Wildman–Crippen MR) is 77.8 cm³/mol. The Hall–Kier alpha value is -1.36. The molecule has 19 heavy (non-hydrogen) atoms. The van der Waals surface area contributed by atoms with Crippen molar-refractivity contribution in [2.24, 2.45) is 0 Å². The van der Waals surface area contributed by atoms with Crippen LogP contribution in [-0.4, -0.2) is 48.4 Å². The molecule has 0 saturated carbocycles. The van der Waals surface area contributed by atoms with Crippen LogP contribution in [0.2, 0.25) is 0 Å². The van der Waals surface area contributed by atoms with Crippen LogP contribution in [0.5, 0.6) is 0 Å². The van der Waals surface area contributed by atoms with Crippen LogP contribution in [0.4, 0.5) is 11.8 Å². The van der Waals surface area contributed by atoms with Gasteiger partial charge in [0.1, 0.15) is 5.82 Å². The van der Waals surface area contributed by atoms with Gasteiger partial charge in [-0.15, -0.1) is 0 Å². The first-order chi connectivity index (χ1) is 9.24. The van der Waals surface area contributed by atoms with Crippen molar-refractivity contribution in [2.75, 3.05) is 43.1 Å². The molecule has 0 spiro atoms. The second-order valence-corrected chi connectivity index (χ2v) is 5.06. The van der Waals surface area contributed by atoms with E-state index in [-0.39, 0.29) is 6.61 Å². The van der Waals surface area contributed by atoms with Gasteiger partial charge in [-0.1, -0.05) is 6.92 Å². The molecule has 0 aromatic carbocycles. The van der Waals surface area contributed by atoms with E-state index in [0.717, 1.165) is 49.9 Å². The Morgan fingerprint density at radius 3 is 2.68 bits per heavy atom. The first kappa shape index (κ1) is 14.1. The van der Waals surface area contributed by atoms with E-state index in [4.69, 9.17) is 5.11 Å². The number of rotatable bonds is 6. The van der Waals surface area contributed by atoms with Gasteiger partial charge in [0.05, 0.1) is 0 Å². The fraction of sp³-hybridized carbons (Fsp3) is 0.714. The third kappa shape index (κ3) is 3.56. The smallest absolute Gasteiger partial charge is 0.227 e. The van der Waals surface area contributed by atoms with Gasteiger partial charge in [-0.05, 0) is 25.7 Å². The number of anilines is 2. The molecule has 1 aliphatic heterocycles. The summed E-state index contributed by atoms with van der Waals surface area (Å²) in [6.45, 7) is 5.28. The number of aromatic nitrogens is 2. The monoisotopic (exact) mass is 264 g/mol. The summed E-state index contributed by atoms with van der Waals surface area (Å²) >= 11 is 0. The highest BCUT2D eigenvalue weighted by Crippen LogP contribution is 2.20. The molecule has 2 rings (SSSR count). The molecule has 1 aromatic heterocycles. The van der Waals surface area contributed by atoms with Crippen molar-refractivity contribution in [2.45, 2.75) is 32.6 Å². The minimum atomic E-state index is 0.217. The zero-order valence-corrected chi connectivity index (χ0v) is 12.0. The Bertz CT molecular complexity index is 404. The lowest BCUT2D eigenvalue weighted by Gasteiger charge is -2.22. The van der Waals surface area contributed by atoms with E-state index in [0.29, 0.717) is 0 Å². The van der Waals surface area contributed by atoms with E-state index in [1.807, 2.05) is 7.05 Å². The summed E-state index contributed by atoms with van der Waals surface area (Å²) < 4.78 is 0. The van der Waals surface area contributed by atoms with Gasteiger partial charge in [-0.25, -0.2) is 4.98 Å². The molecule has 0 aliphatic carbocycles. The number of aryl methyl sites for hydroxylation is 1. The third-order valence-corrected chi connectivity index (χ3v) is 3.55. The zero-order valence-electron chi connectivity index (χ0n) is 12.0. The minimum Gasteiger partial charge on any atom is -0.396 e. The van der Waals surface area contributed by atoms with Crippen molar-refractivity contribution in [3.8, 4) is 0 Å². The fourth-order valence-corrected chi connectivity index (χ4v) is 2.33. The van der Waals surface area contributed by atoms with Crippen LogP contribution in [0, 0.1) is 0 Å². The molecule has 0 bridgehead atoms. The largest absolute Gasteiger partial charge is 0.396 e. The summed E-state index contributed by atoms with van der Waals surface area (Å²) in [4.78, 5) is 13.7. The molecular weight excluding hydrogens is 240 g/mol. The highest BCUT2D eigenvalue weighted by atomic mass is 16.3. The van der Waals surface area contributed by atoms with E-state index in [1.165, 1.54) is 12.8 Å². The standard InChI is InChI=1S/C14H24N4O/c1-3-12-11-13(17(2)7-6-10-19)16-14(15-12)18-8-4-5-9-18/h11,19H,3-10H2,1-2H3. The highest BCUT2D eigenvalue weighted by Gasteiger charge is 2.17. The molecule has 1 aromatic rings. The highest BCUT2D eigenvalue weighted by molar-refractivity contribution is 5.46. The summed E-state index contributed by atoms with van der Waals surface area (Å²) in [5.74, 6) is 1.82. The van der Waals surface area contributed by atoms with E-state index in [1.54, 1.807) is 0 Å². The van der Waals surface area contributed by atoms with Gasteiger partial charge in [0, 0.05) is 45.0 Å². The van der Waals surface area contributed by atoms with E-state index >= 15 is 0 Å². The number of hydrogen-bond acceptors (Lipinski definition) is 5. The van der Waals surface area contributed by atoms with Crippen LogP contribution in [0.25, 0.3) is 0 Å². The second-order valence-electron chi connectivity index (χ2n) is 5.06. The molecule has 0 radical (unpaired) electrons. The van der Waals surface area contributed by atoms with Crippen LogP contribution in [-0.2, 0) is 6.42 Å². The Morgan fingerprint density at radius 2 is 2.05 bits per heavy atom. The minimum absolute atomic E-state index is 0.217. The topological polar surface area (TPSA) is 52.5 Å². The van der Waals surface area contributed by atoms with Gasteiger partial charge in [0.25, 0.3) is 0 Å². The lowest BCUT2D eigenvalue weighted by Crippen LogP contribution is -2.25. The van der Waals surface area contributed by atoms with Crippen LogP contribution < -0.4 is 9.80 Å². The molecule has 106 valence electrons. The van der Waals surface area contributed by atoms with Gasteiger partial charge in [-0.2, -0.15) is 4.98 Å². The fourth-order valence-electron chi connectivity index (χ4n) is 2.33. The van der Waals surface area contributed by atoms with Crippen molar-refractivity contribution < 1.29 is 5.11 Å². The van der Waals surface area contributed by atoms with E-state index in [2.05, 4.69) is 32.8 Å². The van der Waals surface area contributed by atoms with Crippen LogP contribution in [0.15, 0.2) is 6.07 Å². The molecule has 1 fully saturated rings. The van der Waals surface area contributed by atoms with Crippen molar-refractivity contribution in [1.29, 1.82) is 0 Å². The second kappa shape index (κ2) is 6.70. The predicted octanol–water partition coefficient (Wildman–Crippen LogP) is 1.46. The van der Waals surface area contributed by atoms with Gasteiger partial charge in [0.15, 0.2) is 0 Å². The molecule has 1 saturated heterocycles. The zero-order chi connectivity index (χ0) is 13.7. The number of nitrogens with zero attached hydrogens (tertiary/aromatic N) is 4. The summed E-state index contributed by atoms with van der Waals surface area (Å²) in [5, 5.41) is 8.92. The first-order valence-electron chi connectivity index (χ1n) is 7.19. The van der Waals surface area contributed by atoms with Crippen LogP contribution >= 0.6 is 0 Å². The van der Waals surface area contributed by atoms with Gasteiger partial charge >= 0.3 is 0 Å². The van der Waals surface area contributed by atoms with Gasteiger partial charge in [-0.3, -0.25) is 0 Å². The average Bonchev–Trinajstić information content (AvgIpc) is 2.98. The Labute approximate surface area is 115 Å². The molecule has 0 amide bonds. The van der Waals surface area contributed by atoms with Gasteiger partial charge < -0.3 is 14.9 Å². The first-order valence-corrected chi connectivity index (χ1v) is 7.19. The Morgan fingerprint density at radius 1 is 1.32 bits per heavy atom. The summed E-state index contributed by atoms with van der Waals surface area (Å²) in [6, 6.07) is 2.05. The number of aliphatic hydroxyl groups excluding tert-OH is 1. The molecule has 0 unspecified atom stereocenters. The maximum absolute atomic E-state index is 8.92. The van der Waals surface area contributed by atoms with Crippen molar-refractivity contribution >= 4 is 11.8 Å². The molecule has 1 aliphatic rings. The van der Waals surface area contributed by atoms with Crippen molar-refractivity contribution in [3.05, 3.63) is 11.8 Å². The molecular formula is C14H24N4O. The third-order valence-electron chi connectivity index (χ3n) is 3.55. The summed E-state index contributed by atoms with van der Waals surface area (Å²) in [6.07, 6.45) is 4.15. The maximum atomic E-state index is 8.92. The summed E-state index contributed by atoms with van der Waals surface area (Å²) in [5.41, 5.74) is 1.09. The quantitative estimate of drug-likeness (QED) is 0.843. The molecule has 5 heteroatoms. The SMILES string of the molecule is CCc1cc(N(C)CCCO)nc(N2CCCC2)n1. The van der Waals surface area contributed by atoms with Crippen molar-refractivity contribution in [3.63, 3.8) is 0 Å².